The maximum atomic E-state index is 12.1. The fourth-order valence-electron chi connectivity index (χ4n) is 2.40. The first-order valence-corrected chi connectivity index (χ1v) is 6.26. The Labute approximate surface area is 103 Å². The van der Waals surface area contributed by atoms with Gasteiger partial charge in [-0.1, -0.05) is 0 Å². The van der Waals surface area contributed by atoms with E-state index in [0.717, 1.165) is 36.8 Å². The Kier molecular flexibility index (Phi) is 3.18. The molecule has 0 amide bonds. The number of amidine groups is 1. The molecule has 1 fully saturated rings. The van der Waals surface area contributed by atoms with Crippen molar-refractivity contribution >= 4 is 5.84 Å². The molecule has 97 valence electrons. The van der Waals surface area contributed by atoms with E-state index in [1.807, 2.05) is 27.7 Å². The minimum Gasteiger partial charge on any atom is -0.370 e. The Balaban J connectivity index is 2.01. The summed E-state index contributed by atoms with van der Waals surface area (Å²) in [6, 6.07) is 0. The van der Waals surface area contributed by atoms with E-state index in [-0.39, 0.29) is 11.8 Å². The van der Waals surface area contributed by atoms with Crippen LogP contribution in [0.25, 0.3) is 0 Å². The standard InChI is InChI=1S/C12H22N3O2/c1-11(2)6-5-9(15(11)16)17-12(3,4)10-13-7-8-14-10/h9H,5-8H2,1-4H3,(H,13,14). The molecular weight excluding hydrogens is 218 g/mol. The van der Waals surface area contributed by atoms with Gasteiger partial charge in [-0.25, -0.2) is 0 Å². The first-order valence-electron chi connectivity index (χ1n) is 6.26. The number of ether oxygens (including phenoxy) is 1. The highest BCUT2D eigenvalue weighted by Crippen LogP contribution is 2.34. The Bertz CT molecular complexity index is 326. The fraction of sp³-hybridized carbons (Fsp3) is 0.917. The molecule has 2 aliphatic heterocycles. The summed E-state index contributed by atoms with van der Waals surface area (Å²) in [6.07, 6.45) is 1.30. The molecule has 2 rings (SSSR count). The minimum absolute atomic E-state index is 0.314. The molecule has 5 nitrogen and oxygen atoms in total. The zero-order valence-electron chi connectivity index (χ0n) is 11.1. The van der Waals surface area contributed by atoms with Crippen LogP contribution in [0.5, 0.6) is 0 Å². The molecule has 2 aliphatic rings. The quantitative estimate of drug-likeness (QED) is 0.809. The lowest BCUT2D eigenvalue weighted by atomic mass is 10.0. The van der Waals surface area contributed by atoms with Gasteiger partial charge in [-0.2, -0.15) is 0 Å². The second kappa shape index (κ2) is 4.23. The molecule has 5 heteroatoms. The zero-order chi connectivity index (χ0) is 12.7. The molecule has 1 radical (unpaired) electrons. The Morgan fingerprint density at radius 3 is 2.71 bits per heavy atom. The van der Waals surface area contributed by atoms with Gasteiger partial charge < -0.3 is 10.1 Å². The molecule has 1 atom stereocenters. The van der Waals surface area contributed by atoms with Crippen LogP contribution < -0.4 is 5.32 Å². The molecule has 0 aromatic carbocycles. The van der Waals surface area contributed by atoms with Crippen molar-refractivity contribution in [3.05, 3.63) is 0 Å². The van der Waals surface area contributed by atoms with Gasteiger partial charge in [-0.3, -0.25) is 4.99 Å². The molecule has 0 aromatic rings. The van der Waals surface area contributed by atoms with Gasteiger partial charge in [0.05, 0.1) is 6.54 Å². The van der Waals surface area contributed by atoms with E-state index < -0.39 is 5.60 Å². The van der Waals surface area contributed by atoms with Gasteiger partial charge in [-0.05, 0) is 40.5 Å². The molecule has 1 N–H and O–H groups in total. The van der Waals surface area contributed by atoms with E-state index in [0.29, 0.717) is 0 Å². The zero-order valence-corrected chi connectivity index (χ0v) is 11.1. The van der Waals surface area contributed by atoms with E-state index in [4.69, 9.17) is 4.74 Å². The summed E-state index contributed by atoms with van der Waals surface area (Å²) in [4.78, 5) is 4.37. The summed E-state index contributed by atoms with van der Waals surface area (Å²) in [6.45, 7) is 9.49. The molecule has 0 saturated carbocycles. The third kappa shape index (κ3) is 2.46. The number of hydroxylamine groups is 2. The number of nitrogens with one attached hydrogen (secondary N) is 1. The molecule has 1 unspecified atom stereocenters. The fourth-order valence-corrected chi connectivity index (χ4v) is 2.40. The van der Waals surface area contributed by atoms with E-state index in [9.17, 15) is 5.21 Å². The lowest BCUT2D eigenvalue weighted by molar-refractivity contribution is -0.288. The molecule has 1 saturated heterocycles. The van der Waals surface area contributed by atoms with Crippen molar-refractivity contribution < 1.29 is 9.94 Å². The number of aliphatic imine (C=N–C) groups is 1. The Morgan fingerprint density at radius 1 is 1.53 bits per heavy atom. The molecule has 0 spiro atoms. The second-order valence-corrected chi connectivity index (χ2v) is 5.92. The van der Waals surface area contributed by atoms with Crippen LogP contribution in [0.1, 0.15) is 40.5 Å². The SMILES string of the molecule is CC(C)(OC1CCC(C)(C)N1[O])C1=NCCN1. The van der Waals surface area contributed by atoms with Gasteiger partial charge in [0.25, 0.3) is 0 Å². The first-order chi connectivity index (χ1) is 7.83. The molecule has 0 bridgehead atoms. The van der Waals surface area contributed by atoms with E-state index in [1.165, 1.54) is 0 Å². The van der Waals surface area contributed by atoms with Crippen LogP contribution in [0.2, 0.25) is 0 Å². The van der Waals surface area contributed by atoms with Gasteiger partial charge in [0.1, 0.15) is 17.7 Å². The molecule has 2 heterocycles. The molecule has 0 aromatic heterocycles. The largest absolute Gasteiger partial charge is 0.370 e. The van der Waals surface area contributed by atoms with Gasteiger partial charge in [0, 0.05) is 12.1 Å². The summed E-state index contributed by atoms with van der Waals surface area (Å²) in [5.41, 5.74) is -0.824. The third-order valence-electron chi connectivity index (χ3n) is 3.54. The lowest BCUT2D eigenvalue weighted by Gasteiger charge is -2.33. The Morgan fingerprint density at radius 2 is 2.24 bits per heavy atom. The van der Waals surface area contributed by atoms with Gasteiger partial charge >= 0.3 is 0 Å². The van der Waals surface area contributed by atoms with Crippen molar-refractivity contribution in [2.45, 2.75) is 57.9 Å². The summed E-state index contributed by atoms with van der Waals surface area (Å²) in [5, 5.41) is 16.3. The maximum absolute atomic E-state index is 12.1. The maximum Gasteiger partial charge on any atom is 0.138 e. The van der Waals surface area contributed by atoms with Gasteiger partial charge in [0.2, 0.25) is 0 Å². The van der Waals surface area contributed by atoms with Crippen LogP contribution >= 0.6 is 0 Å². The monoisotopic (exact) mass is 240 g/mol. The average molecular weight is 240 g/mol. The first kappa shape index (κ1) is 12.8. The van der Waals surface area contributed by atoms with Crippen molar-refractivity contribution in [1.82, 2.24) is 10.4 Å². The number of hydrogen-bond acceptors (Lipinski definition) is 4. The molecule has 17 heavy (non-hydrogen) atoms. The second-order valence-electron chi connectivity index (χ2n) is 5.92. The van der Waals surface area contributed by atoms with Crippen LogP contribution in [0.4, 0.5) is 0 Å². The highest BCUT2D eigenvalue weighted by Gasteiger charge is 2.44. The van der Waals surface area contributed by atoms with Crippen molar-refractivity contribution in [1.29, 1.82) is 0 Å². The van der Waals surface area contributed by atoms with Crippen LogP contribution in [-0.2, 0) is 9.94 Å². The number of rotatable bonds is 3. The van der Waals surface area contributed by atoms with E-state index in [1.54, 1.807) is 0 Å². The summed E-state index contributed by atoms with van der Waals surface area (Å²) in [5.74, 6) is 0.857. The van der Waals surface area contributed by atoms with E-state index in [2.05, 4.69) is 10.3 Å². The summed E-state index contributed by atoms with van der Waals surface area (Å²) >= 11 is 0. The predicted octanol–water partition coefficient (Wildman–Crippen LogP) is 1.33. The summed E-state index contributed by atoms with van der Waals surface area (Å²) < 4.78 is 5.95. The van der Waals surface area contributed by atoms with Crippen molar-refractivity contribution in [3.63, 3.8) is 0 Å². The molecule has 0 aliphatic carbocycles. The van der Waals surface area contributed by atoms with Crippen LogP contribution in [0.15, 0.2) is 4.99 Å². The van der Waals surface area contributed by atoms with Gasteiger partial charge in [0.15, 0.2) is 0 Å². The summed E-state index contributed by atoms with van der Waals surface area (Å²) in [7, 11) is 0. The lowest BCUT2D eigenvalue weighted by Crippen LogP contribution is -2.49. The molecular formula is C12H22N3O2. The normalized spacial score (nSPS) is 29.2. The smallest absolute Gasteiger partial charge is 0.138 e. The highest BCUT2D eigenvalue weighted by molar-refractivity contribution is 5.91. The number of nitrogens with zero attached hydrogens (tertiary/aromatic N) is 2. The third-order valence-corrected chi connectivity index (χ3v) is 3.54. The van der Waals surface area contributed by atoms with Crippen molar-refractivity contribution in [2.24, 2.45) is 4.99 Å². The highest BCUT2D eigenvalue weighted by atomic mass is 16.6. The van der Waals surface area contributed by atoms with Crippen LogP contribution in [-0.4, -0.2) is 41.4 Å². The predicted molar refractivity (Wildman–Crippen MR) is 65.1 cm³/mol. The minimum atomic E-state index is -0.510. The number of hydrogen-bond donors (Lipinski definition) is 1. The average Bonchev–Trinajstić information content (AvgIpc) is 2.83. The van der Waals surface area contributed by atoms with Gasteiger partial charge in [-0.15, -0.1) is 10.3 Å². The van der Waals surface area contributed by atoms with Crippen LogP contribution in [0.3, 0.4) is 0 Å². The Hall–Kier alpha value is -0.650. The van der Waals surface area contributed by atoms with Crippen molar-refractivity contribution in [3.8, 4) is 0 Å². The topological polar surface area (TPSA) is 56.8 Å². The van der Waals surface area contributed by atoms with Crippen LogP contribution in [0, 0.1) is 0 Å². The van der Waals surface area contributed by atoms with Crippen molar-refractivity contribution in [2.75, 3.05) is 13.1 Å². The van der Waals surface area contributed by atoms with E-state index >= 15 is 0 Å².